The summed E-state index contributed by atoms with van der Waals surface area (Å²) in [5, 5.41) is 2.72. The fourth-order valence-corrected chi connectivity index (χ4v) is 3.20. The van der Waals surface area contributed by atoms with Crippen LogP contribution < -0.4 is 5.32 Å². The Morgan fingerprint density at radius 2 is 2.18 bits per heavy atom. The molecule has 7 heteroatoms. The van der Waals surface area contributed by atoms with Crippen LogP contribution in [0.2, 0.25) is 0 Å². The minimum atomic E-state index is -3.38. The van der Waals surface area contributed by atoms with Crippen molar-refractivity contribution in [2.24, 2.45) is 0 Å². The van der Waals surface area contributed by atoms with Crippen molar-refractivity contribution in [1.29, 1.82) is 0 Å². The summed E-state index contributed by atoms with van der Waals surface area (Å²) in [5.41, 5.74) is 1.31. The van der Waals surface area contributed by atoms with Crippen LogP contribution >= 0.6 is 0 Å². The Morgan fingerprint density at radius 1 is 1.41 bits per heavy atom. The highest BCUT2D eigenvalue weighted by Crippen LogP contribution is 2.20. The Kier molecular flexibility index (Phi) is 8.67. The summed E-state index contributed by atoms with van der Waals surface area (Å²) in [6, 6.07) is 0. The SMILES string of the molecule is COCCCNC(=O)CN(CCC1=CCCCC1)S(C)(=O)=O. The maximum atomic E-state index is 11.8. The minimum Gasteiger partial charge on any atom is -0.385 e. The first-order chi connectivity index (χ1) is 10.4. The Hall–Kier alpha value is -0.920. The second-order valence-electron chi connectivity index (χ2n) is 5.65. The van der Waals surface area contributed by atoms with E-state index < -0.39 is 10.0 Å². The van der Waals surface area contributed by atoms with Gasteiger partial charge in [-0.2, -0.15) is 4.31 Å². The van der Waals surface area contributed by atoms with Crippen LogP contribution in [0, 0.1) is 0 Å². The highest BCUT2D eigenvalue weighted by Gasteiger charge is 2.20. The van der Waals surface area contributed by atoms with Crippen LogP contribution in [0.15, 0.2) is 11.6 Å². The van der Waals surface area contributed by atoms with Crippen molar-refractivity contribution in [3.63, 3.8) is 0 Å². The van der Waals surface area contributed by atoms with Crippen molar-refractivity contribution in [3.05, 3.63) is 11.6 Å². The Bertz CT molecular complexity index is 474. The smallest absolute Gasteiger partial charge is 0.235 e. The number of hydrogen-bond donors (Lipinski definition) is 1. The average molecular weight is 332 g/mol. The van der Waals surface area contributed by atoms with Gasteiger partial charge >= 0.3 is 0 Å². The largest absolute Gasteiger partial charge is 0.385 e. The number of carbonyl (C=O) groups is 1. The summed E-state index contributed by atoms with van der Waals surface area (Å²) in [5.74, 6) is -0.265. The molecule has 0 atom stereocenters. The van der Waals surface area contributed by atoms with E-state index in [0.717, 1.165) is 19.1 Å². The van der Waals surface area contributed by atoms with Crippen LogP contribution in [0.25, 0.3) is 0 Å². The first-order valence-electron chi connectivity index (χ1n) is 7.82. The topological polar surface area (TPSA) is 75.7 Å². The molecule has 6 nitrogen and oxygen atoms in total. The number of ether oxygens (including phenoxy) is 1. The number of amides is 1. The lowest BCUT2D eigenvalue weighted by Crippen LogP contribution is -2.41. The molecule has 1 N–H and O–H groups in total. The molecule has 128 valence electrons. The zero-order valence-corrected chi connectivity index (χ0v) is 14.5. The highest BCUT2D eigenvalue weighted by molar-refractivity contribution is 7.88. The second-order valence-corrected chi connectivity index (χ2v) is 7.63. The van der Waals surface area contributed by atoms with Crippen LogP contribution in [0.1, 0.15) is 38.5 Å². The minimum absolute atomic E-state index is 0.112. The number of allylic oxidation sites excluding steroid dienone is 1. The summed E-state index contributed by atoms with van der Waals surface area (Å²) in [7, 11) is -1.77. The maximum Gasteiger partial charge on any atom is 0.235 e. The number of sulfonamides is 1. The van der Waals surface area contributed by atoms with Gasteiger partial charge in [-0.1, -0.05) is 11.6 Å². The molecule has 0 fully saturated rings. The van der Waals surface area contributed by atoms with E-state index in [1.807, 2.05) is 0 Å². The van der Waals surface area contributed by atoms with Crippen molar-refractivity contribution < 1.29 is 17.9 Å². The first kappa shape index (κ1) is 19.1. The molecule has 1 amide bonds. The van der Waals surface area contributed by atoms with E-state index in [1.54, 1.807) is 7.11 Å². The van der Waals surface area contributed by atoms with E-state index in [1.165, 1.54) is 22.7 Å². The average Bonchev–Trinajstić information content (AvgIpc) is 2.48. The van der Waals surface area contributed by atoms with E-state index >= 15 is 0 Å². The number of carbonyl (C=O) groups excluding carboxylic acids is 1. The molecule has 1 rings (SSSR count). The first-order valence-corrected chi connectivity index (χ1v) is 9.67. The zero-order valence-electron chi connectivity index (χ0n) is 13.6. The van der Waals surface area contributed by atoms with E-state index in [0.29, 0.717) is 32.5 Å². The predicted octanol–water partition coefficient (Wildman–Crippen LogP) is 1.29. The third kappa shape index (κ3) is 7.91. The van der Waals surface area contributed by atoms with Gasteiger partial charge in [-0.3, -0.25) is 4.79 Å². The van der Waals surface area contributed by atoms with Gasteiger partial charge < -0.3 is 10.1 Å². The molecular weight excluding hydrogens is 304 g/mol. The van der Waals surface area contributed by atoms with Crippen LogP contribution in [0.4, 0.5) is 0 Å². The number of nitrogens with zero attached hydrogens (tertiary/aromatic N) is 1. The van der Waals surface area contributed by atoms with Gasteiger partial charge in [-0.25, -0.2) is 8.42 Å². The molecule has 0 unspecified atom stereocenters. The van der Waals surface area contributed by atoms with E-state index in [4.69, 9.17) is 4.74 Å². The summed E-state index contributed by atoms with van der Waals surface area (Å²) in [6.45, 7) is 1.33. The van der Waals surface area contributed by atoms with E-state index in [-0.39, 0.29) is 12.5 Å². The monoisotopic (exact) mass is 332 g/mol. The van der Waals surface area contributed by atoms with Crippen LogP contribution in [-0.2, 0) is 19.6 Å². The van der Waals surface area contributed by atoms with Gasteiger partial charge in [-0.05, 0) is 38.5 Å². The van der Waals surface area contributed by atoms with Gasteiger partial charge in [-0.15, -0.1) is 0 Å². The molecular formula is C15H28N2O4S. The van der Waals surface area contributed by atoms with Crippen molar-refractivity contribution >= 4 is 15.9 Å². The zero-order chi connectivity index (χ0) is 16.4. The summed E-state index contributed by atoms with van der Waals surface area (Å²) in [4.78, 5) is 11.8. The Labute approximate surface area is 133 Å². The number of hydrogen-bond acceptors (Lipinski definition) is 4. The van der Waals surface area contributed by atoms with Crippen molar-refractivity contribution in [2.45, 2.75) is 38.5 Å². The molecule has 0 radical (unpaired) electrons. The summed E-state index contributed by atoms with van der Waals surface area (Å²) >= 11 is 0. The third-order valence-corrected chi connectivity index (χ3v) is 4.95. The van der Waals surface area contributed by atoms with Crippen LogP contribution in [0.5, 0.6) is 0 Å². The molecule has 0 saturated carbocycles. The molecule has 0 aliphatic heterocycles. The van der Waals surface area contributed by atoms with Gasteiger partial charge in [0.05, 0.1) is 12.8 Å². The van der Waals surface area contributed by atoms with Gasteiger partial charge in [0.1, 0.15) is 0 Å². The lowest BCUT2D eigenvalue weighted by atomic mass is 9.97. The lowest BCUT2D eigenvalue weighted by Gasteiger charge is -2.21. The molecule has 0 aromatic carbocycles. The van der Waals surface area contributed by atoms with Crippen LogP contribution in [0.3, 0.4) is 0 Å². The van der Waals surface area contributed by atoms with Gasteiger partial charge in [0.2, 0.25) is 15.9 Å². The highest BCUT2D eigenvalue weighted by atomic mass is 32.2. The molecule has 0 spiro atoms. The van der Waals surface area contributed by atoms with Gasteiger partial charge in [0.25, 0.3) is 0 Å². The van der Waals surface area contributed by atoms with Gasteiger partial charge in [0.15, 0.2) is 0 Å². The Balaban J connectivity index is 2.43. The second kappa shape index (κ2) is 9.97. The molecule has 0 heterocycles. The number of rotatable bonds is 10. The fourth-order valence-electron chi connectivity index (χ4n) is 2.42. The third-order valence-electron chi connectivity index (χ3n) is 3.70. The molecule has 1 aliphatic rings. The van der Waals surface area contributed by atoms with Crippen molar-refractivity contribution in [3.8, 4) is 0 Å². The van der Waals surface area contributed by atoms with Crippen LogP contribution in [-0.4, -0.2) is 58.2 Å². The number of methoxy groups -OCH3 is 1. The summed E-state index contributed by atoms with van der Waals surface area (Å²) in [6.07, 6.45) is 9.29. The number of nitrogens with one attached hydrogen (secondary N) is 1. The molecule has 0 saturated heterocycles. The fraction of sp³-hybridized carbons (Fsp3) is 0.800. The normalized spacial score (nSPS) is 15.7. The predicted molar refractivity (Wildman–Crippen MR) is 87.1 cm³/mol. The van der Waals surface area contributed by atoms with Crippen molar-refractivity contribution in [2.75, 3.05) is 39.6 Å². The lowest BCUT2D eigenvalue weighted by molar-refractivity contribution is -0.121. The standard InChI is InChI=1S/C15H28N2O4S/c1-21-12-6-10-16-15(18)13-17(22(2,19)20)11-9-14-7-4-3-5-8-14/h7H,3-6,8-13H2,1-2H3,(H,16,18). The maximum absolute atomic E-state index is 11.8. The Morgan fingerprint density at radius 3 is 2.77 bits per heavy atom. The molecule has 1 aliphatic carbocycles. The molecule has 0 bridgehead atoms. The van der Waals surface area contributed by atoms with Gasteiger partial charge in [0, 0.05) is 26.8 Å². The summed E-state index contributed by atoms with van der Waals surface area (Å²) < 4.78 is 29.8. The van der Waals surface area contributed by atoms with E-state index in [9.17, 15) is 13.2 Å². The molecule has 0 aromatic heterocycles. The van der Waals surface area contributed by atoms with E-state index in [2.05, 4.69) is 11.4 Å². The molecule has 0 aromatic rings. The quantitative estimate of drug-likeness (QED) is 0.483. The van der Waals surface area contributed by atoms with Crippen molar-refractivity contribution in [1.82, 2.24) is 9.62 Å². The molecule has 22 heavy (non-hydrogen) atoms.